The third-order valence-electron chi connectivity index (χ3n) is 3.82. The molecule has 120 valence electrons. The third kappa shape index (κ3) is 6.89. The summed E-state index contributed by atoms with van der Waals surface area (Å²) in [5.41, 5.74) is 0. The Hall–Kier alpha value is -0.460. The van der Waals surface area contributed by atoms with Gasteiger partial charge in [0, 0.05) is 24.0 Å². The first kappa shape index (κ1) is 16.9. The molecule has 2 atom stereocenters. The molecule has 0 aliphatic carbocycles. The summed E-state index contributed by atoms with van der Waals surface area (Å²) in [5, 5.41) is 15.4. The average molecular weight is 312 g/mol. The molecule has 0 spiro atoms. The predicted octanol–water partition coefficient (Wildman–Crippen LogP) is 2.09. The Bertz CT molecular complexity index is 366. The summed E-state index contributed by atoms with van der Waals surface area (Å²) < 4.78 is 5.53. The molecule has 0 bridgehead atoms. The van der Waals surface area contributed by atoms with Gasteiger partial charge in [-0.1, -0.05) is 12.5 Å². The number of piperidine rings is 1. The van der Waals surface area contributed by atoms with Gasteiger partial charge in [-0.15, -0.1) is 11.3 Å². The van der Waals surface area contributed by atoms with E-state index in [4.69, 9.17) is 4.74 Å². The fraction of sp³-hybridized carbons (Fsp3) is 0.750. The minimum atomic E-state index is -0.436. The molecule has 0 amide bonds. The molecule has 4 nitrogen and oxygen atoms in total. The van der Waals surface area contributed by atoms with Crippen LogP contribution in [0, 0.1) is 0 Å². The zero-order chi connectivity index (χ0) is 14.9. The van der Waals surface area contributed by atoms with Crippen molar-refractivity contribution in [2.24, 2.45) is 0 Å². The second kappa shape index (κ2) is 9.54. The van der Waals surface area contributed by atoms with Gasteiger partial charge in [-0.05, 0) is 44.3 Å². The number of rotatable bonds is 9. The number of nitrogens with one attached hydrogen (secondary N) is 1. The van der Waals surface area contributed by atoms with Crippen molar-refractivity contribution in [3.63, 3.8) is 0 Å². The van der Waals surface area contributed by atoms with E-state index in [1.807, 2.05) is 11.4 Å². The first-order valence-corrected chi connectivity index (χ1v) is 8.86. The van der Waals surface area contributed by atoms with E-state index < -0.39 is 6.10 Å². The third-order valence-corrected chi connectivity index (χ3v) is 4.67. The van der Waals surface area contributed by atoms with Crippen LogP contribution in [0.15, 0.2) is 17.5 Å². The highest BCUT2D eigenvalue weighted by Gasteiger charge is 2.14. The smallest absolute Gasteiger partial charge is 0.0897 e. The lowest BCUT2D eigenvalue weighted by Crippen LogP contribution is -2.44. The minimum Gasteiger partial charge on any atom is -0.389 e. The highest BCUT2D eigenvalue weighted by molar-refractivity contribution is 7.09. The molecular weight excluding hydrogens is 284 g/mol. The van der Waals surface area contributed by atoms with Crippen molar-refractivity contribution >= 4 is 11.3 Å². The second-order valence-electron chi connectivity index (χ2n) is 5.92. The maximum Gasteiger partial charge on any atom is 0.0897 e. The number of thiophene rings is 1. The maximum atomic E-state index is 9.93. The van der Waals surface area contributed by atoms with Gasteiger partial charge in [-0.25, -0.2) is 0 Å². The van der Waals surface area contributed by atoms with E-state index in [1.165, 1.54) is 37.2 Å². The van der Waals surface area contributed by atoms with Crippen LogP contribution in [0.1, 0.15) is 31.1 Å². The Morgan fingerprint density at radius 3 is 2.90 bits per heavy atom. The SMILES string of the molecule is CC(CN1CCCCC1)NCC(O)COCc1cccs1. The molecule has 1 aromatic rings. The number of aliphatic hydroxyl groups is 1. The molecule has 1 aliphatic rings. The van der Waals surface area contributed by atoms with Gasteiger partial charge in [0.1, 0.15) is 0 Å². The van der Waals surface area contributed by atoms with Crippen LogP contribution in [0.3, 0.4) is 0 Å². The van der Waals surface area contributed by atoms with E-state index in [1.54, 1.807) is 11.3 Å². The summed E-state index contributed by atoms with van der Waals surface area (Å²) >= 11 is 1.68. The van der Waals surface area contributed by atoms with E-state index in [-0.39, 0.29) is 0 Å². The normalized spacial score (nSPS) is 19.5. The van der Waals surface area contributed by atoms with Gasteiger partial charge >= 0.3 is 0 Å². The topological polar surface area (TPSA) is 44.7 Å². The fourth-order valence-corrected chi connectivity index (χ4v) is 3.32. The molecule has 0 aromatic carbocycles. The highest BCUT2D eigenvalue weighted by Crippen LogP contribution is 2.10. The van der Waals surface area contributed by atoms with Gasteiger partial charge in [0.05, 0.1) is 19.3 Å². The van der Waals surface area contributed by atoms with Crippen molar-refractivity contribution in [1.29, 1.82) is 0 Å². The van der Waals surface area contributed by atoms with Crippen molar-refractivity contribution in [2.75, 3.05) is 32.8 Å². The van der Waals surface area contributed by atoms with Gasteiger partial charge in [0.25, 0.3) is 0 Å². The van der Waals surface area contributed by atoms with Crippen LogP contribution in [0.2, 0.25) is 0 Å². The number of ether oxygens (including phenoxy) is 1. The molecule has 1 aliphatic heterocycles. The van der Waals surface area contributed by atoms with Crippen LogP contribution < -0.4 is 5.32 Å². The standard InChI is InChI=1S/C16H28N2O2S/c1-14(11-18-7-3-2-4-8-18)17-10-15(19)12-20-13-16-6-5-9-21-16/h5-6,9,14-15,17,19H,2-4,7-8,10-13H2,1H3. The van der Waals surface area contributed by atoms with Crippen LogP contribution in [0.25, 0.3) is 0 Å². The van der Waals surface area contributed by atoms with Gasteiger partial charge in [0.15, 0.2) is 0 Å². The second-order valence-corrected chi connectivity index (χ2v) is 6.95. The molecule has 1 fully saturated rings. The van der Waals surface area contributed by atoms with Crippen molar-refractivity contribution in [2.45, 2.75) is 44.9 Å². The van der Waals surface area contributed by atoms with Crippen LogP contribution in [-0.2, 0) is 11.3 Å². The van der Waals surface area contributed by atoms with Gasteiger partial charge < -0.3 is 20.1 Å². The quantitative estimate of drug-likeness (QED) is 0.733. The molecule has 2 unspecified atom stereocenters. The molecule has 0 radical (unpaired) electrons. The number of hydrogen-bond acceptors (Lipinski definition) is 5. The zero-order valence-electron chi connectivity index (χ0n) is 13.0. The summed E-state index contributed by atoms with van der Waals surface area (Å²) in [6, 6.07) is 4.48. The summed E-state index contributed by atoms with van der Waals surface area (Å²) in [4.78, 5) is 3.72. The van der Waals surface area contributed by atoms with Crippen molar-refractivity contribution < 1.29 is 9.84 Å². The fourth-order valence-electron chi connectivity index (χ4n) is 2.68. The van der Waals surface area contributed by atoms with E-state index in [0.717, 1.165) is 6.54 Å². The van der Waals surface area contributed by atoms with Crippen molar-refractivity contribution in [3.05, 3.63) is 22.4 Å². The van der Waals surface area contributed by atoms with E-state index in [2.05, 4.69) is 23.2 Å². The average Bonchev–Trinajstić information content (AvgIpc) is 2.99. The lowest BCUT2D eigenvalue weighted by Gasteiger charge is -2.29. The van der Waals surface area contributed by atoms with Crippen LogP contribution in [-0.4, -0.2) is 54.9 Å². The van der Waals surface area contributed by atoms with Gasteiger partial charge in [0.2, 0.25) is 0 Å². The number of likely N-dealkylation sites (tertiary alicyclic amines) is 1. The molecule has 21 heavy (non-hydrogen) atoms. The maximum absolute atomic E-state index is 9.93. The minimum absolute atomic E-state index is 0.390. The monoisotopic (exact) mass is 312 g/mol. The largest absolute Gasteiger partial charge is 0.389 e. The summed E-state index contributed by atoms with van der Waals surface area (Å²) in [6.45, 7) is 7.28. The molecule has 2 N–H and O–H groups in total. The Kier molecular flexibility index (Phi) is 7.68. The molecule has 2 rings (SSSR count). The van der Waals surface area contributed by atoms with Crippen molar-refractivity contribution in [3.8, 4) is 0 Å². The van der Waals surface area contributed by atoms with Gasteiger partial charge in [-0.2, -0.15) is 0 Å². The predicted molar refractivity (Wildman–Crippen MR) is 87.7 cm³/mol. The van der Waals surface area contributed by atoms with Crippen molar-refractivity contribution in [1.82, 2.24) is 10.2 Å². The Balaban J connectivity index is 1.52. The number of nitrogens with zero attached hydrogens (tertiary/aromatic N) is 1. The number of hydrogen-bond donors (Lipinski definition) is 2. The molecule has 1 saturated heterocycles. The Morgan fingerprint density at radius 2 is 2.19 bits per heavy atom. The molecular formula is C16H28N2O2S. The van der Waals surface area contributed by atoms with Crippen LogP contribution in [0.4, 0.5) is 0 Å². The Labute approximate surface area is 132 Å². The Morgan fingerprint density at radius 1 is 1.38 bits per heavy atom. The van der Waals surface area contributed by atoms with Gasteiger partial charge in [-0.3, -0.25) is 0 Å². The van der Waals surface area contributed by atoms with E-state index >= 15 is 0 Å². The first-order valence-electron chi connectivity index (χ1n) is 7.98. The molecule has 1 aromatic heterocycles. The molecule has 2 heterocycles. The summed E-state index contributed by atoms with van der Waals surface area (Å²) in [7, 11) is 0. The lowest BCUT2D eigenvalue weighted by atomic mass is 10.1. The van der Waals surface area contributed by atoms with Crippen LogP contribution >= 0.6 is 11.3 Å². The van der Waals surface area contributed by atoms with Crippen LogP contribution in [0.5, 0.6) is 0 Å². The highest BCUT2D eigenvalue weighted by atomic mass is 32.1. The summed E-state index contributed by atoms with van der Waals surface area (Å²) in [5.74, 6) is 0. The first-order chi connectivity index (χ1) is 10.2. The molecule has 5 heteroatoms. The van der Waals surface area contributed by atoms with E-state index in [9.17, 15) is 5.11 Å². The number of aliphatic hydroxyl groups excluding tert-OH is 1. The molecule has 0 saturated carbocycles. The lowest BCUT2D eigenvalue weighted by molar-refractivity contribution is 0.0281. The van der Waals surface area contributed by atoms with E-state index in [0.29, 0.717) is 25.8 Å². The summed E-state index contributed by atoms with van der Waals surface area (Å²) in [6.07, 6.45) is 3.59. The zero-order valence-corrected chi connectivity index (χ0v) is 13.8.